The Balaban J connectivity index is 1.86. The van der Waals surface area contributed by atoms with Crippen LogP contribution < -0.4 is 5.32 Å². The van der Waals surface area contributed by atoms with Crippen LogP contribution in [-0.2, 0) is 6.42 Å². The van der Waals surface area contributed by atoms with Crippen molar-refractivity contribution < 1.29 is 5.11 Å². The Kier molecular flexibility index (Phi) is 4.50. The van der Waals surface area contributed by atoms with Crippen LogP contribution in [0, 0.1) is 0 Å². The Morgan fingerprint density at radius 3 is 2.78 bits per heavy atom. The van der Waals surface area contributed by atoms with Gasteiger partial charge < -0.3 is 10.4 Å². The van der Waals surface area contributed by atoms with E-state index in [0.29, 0.717) is 23.8 Å². The highest BCUT2D eigenvalue weighted by Crippen LogP contribution is 2.16. The van der Waals surface area contributed by atoms with Crippen LogP contribution in [0.25, 0.3) is 0 Å². The van der Waals surface area contributed by atoms with E-state index in [0.717, 1.165) is 5.56 Å². The van der Waals surface area contributed by atoms with Crippen molar-refractivity contribution in [3.63, 3.8) is 0 Å². The lowest BCUT2D eigenvalue weighted by atomic mass is 10.1. The number of nitrogens with one attached hydrogen (secondary N) is 1. The van der Waals surface area contributed by atoms with Crippen LogP contribution >= 0.6 is 11.6 Å². The maximum atomic E-state index is 9.91. The highest BCUT2D eigenvalue weighted by molar-refractivity contribution is 6.32. The van der Waals surface area contributed by atoms with Crippen molar-refractivity contribution in [2.45, 2.75) is 12.5 Å². The summed E-state index contributed by atoms with van der Waals surface area (Å²) in [5.41, 5.74) is 1.10. The van der Waals surface area contributed by atoms with Gasteiger partial charge in [0.2, 0.25) is 0 Å². The molecule has 2 N–H and O–H groups in total. The molecule has 0 amide bonds. The van der Waals surface area contributed by atoms with Crippen LogP contribution in [0.4, 0.5) is 5.82 Å². The van der Waals surface area contributed by atoms with Crippen molar-refractivity contribution in [1.29, 1.82) is 0 Å². The first-order valence-corrected chi connectivity index (χ1v) is 6.05. The van der Waals surface area contributed by atoms with Crippen molar-refractivity contribution in [2.24, 2.45) is 0 Å². The molecule has 1 aromatic heterocycles. The smallest absolute Gasteiger partial charge is 0.148 e. The first-order valence-electron chi connectivity index (χ1n) is 5.67. The Hall–Kier alpha value is -1.65. The average molecular weight is 264 g/mol. The van der Waals surface area contributed by atoms with Crippen LogP contribution in [0.2, 0.25) is 5.02 Å². The number of nitrogens with zero attached hydrogens (tertiary/aromatic N) is 2. The molecule has 0 radical (unpaired) electrons. The van der Waals surface area contributed by atoms with E-state index >= 15 is 0 Å². The first-order chi connectivity index (χ1) is 8.75. The van der Waals surface area contributed by atoms with Crippen LogP contribution in [0.1, 0.15) is 5.56 Å². The van der Waals surface area contributed by atoms with E-state index in [-0.39, 0.29) is 0 Å². The highest BCUT2D eigenvalue weighted by atomic mass is 35.5. The van der Waals surface area contributed by atoms with E-state index in [2.05, 4.69) is 15.3 Å². The molecule has 0 saturated carbocycles. The number of aromatic nitrogens is 2. The summed E-state index contributed by atoms with van der Waals surface area (Å²) in [6.07, 6.45) is 3.04. The van der Waals surface area contributed by atoms with Crippen molar-refractivity contribution in [3.05, 3.63) is 53.4 Å². The molecule has 4 nitrogen and oxygen atoms in total. The number of hydrogen-bond donors (Lipinski definition) is 2. The molecule has 2 aromatic rings. The largest absolute Gasteiger partial charge is 0.391 e. The molecular formula is C13H14ClN3O. The zero-order valence-corrected chi connectivity index (χ0v) is 10.5. The molecule has 5 heteroatoms. The molecule has 18 heavy (non-hydrogen) atoms. The second kappa shape index (κ2) is 6.33. The lowest BCUT2D eigenvalue weighted by Gasteiger charge is -2.12. The third kappa shape index (κ3) is 3.68. The molecular weight excluding hydrogens is 250 g/mol. The topological polar surface area (TPSA) is 58.0 Å². The minimum absolute atomic E-state index is 0.394. The lowest BCUT2D eigenvalue weighted by Crippen LogP contribution is -2.22. The zero-order chi connectivity index (χ0) is 12.8. The third-order valence-electron chi connectivity index (χ3n) is 2.49. The van der Waals surface area contributed by atoms with Gasteiger partial charge in [0.25, 0.3) is 0 Å². The fourth-order valence-corrected chi connectivity index (χ4v) is 1.79. The van der Waals surface area contributed by atoms with Gasteiger partial charge in [-0.25, -0.2) is 9.97 Å². The van der Waals surface area contributed by atoms with Gasteiger partial charge in [-0.05, 0) is 5.56 Å². The van der Waals surface area contributed by atoms with Gasteiger partial charge in [-0.2, -0.15) is 0 Å². The van der Waals surface area contributed by atoms with E-state index in [1.807, 2.05) is 30.3 Å². The molecule has 1 heterocycles. The Morgan fingerprint density at radius 2 is 2.06 bits per heavy atom. The van der Waals surface area contributed by atoms with Crippen LogP contribution in [0.15, 0.2) is 42.9 Å². The van der Waals surface area contributed by atoms with Crippen molar-refractivity contribution in [1.82, 2.24) is 9.97 Å². The predicted molar refractivity (Wildman–Crippen MR) is 71.7 cm³/mol. The number of anilines is 1. The van der Waals surface area contributed by atoms with Gasteiger partial charge in [0.1, 0.15) is 17.2 Å². The minimum Gasteiger partial charge on any atom is -0.391 e. The molecule has 2 rings (SSSR count). The van der Waals surface area contributed by atoms with Gasteiger partial charge in [0.05, 0.1) is 12.3 Å². The van der Waals surface area contributed by atoms with E-state index in [1.165, 1.54) is 12.5 Å². The van der Waals surface area contributed by atoms with Crippen LogP contribution in [0.3, 0.4) is 0 Å². The first kappa shape index (κ1) is 12.8. The number of benzene rings is 1. The summed E-state index contributed by atoms with van der Waals surface area (Å²) in [7, 11) is 0. The molecule has 0 aliphatic heterocycles. The van der Waals surface area contributed by atoms with Crippen LogP contribution in [-0.4, -0.2) is 27.7 Å². The molecule has 1 unspecified atom stereocenters. The van der Waals surface area contributed by atoms with Gasteiger partial charge >= 0.3 is 0 Å². The van der Waals surface area contributed by atoms with Crippen molar-refractivity contribution in [3.8, 4) is 0 Å². The second-order valence-corrected chi connectivity index (χ2v) is 4.35. The summed E-state index contributed by atoms with van der Waals surface area (Å²) in [6.45, 7) is 0.394. The lowest BCUT2D eigenvalue weighted by molar-refractivity contribution is 0.188. The monoisotopic (exact) mass is 263 g/mol. The van der Waals surface area contributed by atoms with E-state index in [1.54, 1.807) is 0 Å². The predicted octanol–water partition coefficient (Wildman–Crippen LogP) is 2.15. The van der Waals surface area contributed by atoms with Crippen molar-refractivity contribution >= 4 is 17.4 Å². The van der Waals surface area contributed by atoms with Gasteiger partial charge in [-0.3, -0.25) is 0 Å². The molecule has 0 saturated heterocycles. The fraction of sp³-hybridized carbons (Fsp3) is 0.231. The number of halogens is 1. The van der Waals surface area contributed by atoms with Gasteiger partial charge in [-0.15, -0.1) is 0 Å². The molecule has 1 atom stereocenters. The minimum atomic E-state index is -0.488. The van der Waals surface area contributed by atoms with Gasteiger partial charge in [0.15, 0.2) is 0 Å². The Labute approximate surface area is 111 Å². The normalized spacial score (nSPS) is 12.1. The quantitative estimate of drug-likeness (QED) is 0.868. The van der Waals surface area contributed by atoms with E-state index in [4.69, 9.17) is 11.6 Å². The highest BCUT2D eigenvalue weighted by Gasteiger charge is 2.07. The molecule has 0 fully saturated rings. The average Bonchev–Trinajstić information content (AvgIpc) is 2.39. The number of rotatable bonds is 5. The maximum absolute atomic E-state index is 9.91. The second-order valence-electron chi connectivity index (χ2n) is 3.94. The number of aliphatic hydroxyl groups excluding tert-OH is 1. The van der Waals surface area contributed by atoms with Crippen molar-refractivity contribution in [2.75, 3.05) is 11.9 Å². The molecule has 0 aliphatic carbocycles. The molecule has 0 spiro atoms. The molecule has 0 aliphatic rings. The van der Waals surface area contributed by atoms with Gasteiger partial charge in [-0.1, -0.05) is 41.9 Å². The van der Waals surface area contributed by atoms with Crippen LogP contribution in [0.5, 0.6) is 0 Å². The molecule has 0 bridgehead atoms. The Morgan fingerprint density at radius 1 is 1.28 bits per heavy atom. The summed E-state index contributed by atoms with van der Waals surface area (Å²) in [5.74, 6) is 0.541. The molecule has 1 aromatic carbocycles. The van der Waals surface area contributed by atoms with E-state index < -0.39 is 6.10 Å². The maximum Gasteiger partial charge on any atom is 0.148 e. The number of hydrogen-bond acceptors (Lipinski definition) is 4. The zero-order valence-electron chi connectivity index (χ0n) is 9.75. The summed E-state index contributed by atoms with van der Waals surface area (Å²) in [6, 6.07) is 9.84. The fourth-order valence-electron chi connectivity index (χ4n) is 1.62. The SMILES string of the molecule is OC(CNc1ncncc1Cl)Cc1ccccc1. The van der Waals surface area contributed by atoms with Gasteiger partial charge in [0, 0.05) is 13.0 Å². The summed E-state index contributed by atoms with van der Waals surface area (Å²) in [4.78, 5) is 7.79. The summed E-state index contributed by atoms with van der Waals surface area (Å²) < 4.78 is 0. The number of aliphatic hydroxyl groups is 1. The standard InChI is InChI=1S/C13H14ClN3O/c14-12-8-15-9-17-13(12)16-7-11(18)6-10-4-2-1-3-5-10/h1-5,8-9,11,18H,6-7H2,(H,15,16,17). The molecule has 94 valence electrons. The Bertz CT molecular complexity index is 493. The summed E-state index contributed by atoms with van der Waals surface area (Å²) in [5, 5.41) is 13.4. The summed E-state index contributed by atoms with van der Waals surface area (Å²) >= 11 is 5.90. The third-order valence-corrected chi connectivity index (χ3v) is 2.76. The van der Waals surface area contributed by atoms with E-state index in [9.17, 15) is 5.11 Å².